The second-order valence-electron chi connectivity index (χ2n) is 1.89. The average Bonchev–Trinajstić information content (AvgIpc) is 1.88. The lowest BCUT2D eigenvalue weighted by molar-refractivity contribution is 0.414. The summed E-state index contributed by atoms with van der Waals surface area (Å²) in [4.78, 5) is 1.77. The zero-order valence-electron chi connectivity index (χ0n) is 5.64. The van der Waals surface area contributed by atoms with Gasteiger partial charge in [0.15, 0.2) is 0 Å². The van der Waals surface area contributed by atoms with Crippen LogP contribution >= 0.6 is 23.2 Å². The van der Waals surface area contributed by atoms with E-state index < -0.39 is 0 Å². The highest BCUT2D eigenvalue weighted by molar-refractivity contribution is 6.36. The van der Waals surface area contributed by atoms with Crippen LogP contribution in [-0.4, -0.2) is 25.0 Å². The van der Waals surface area contributed by atoms with Gasteiger partial charge in [0.25, 0.3) is 0 Å². The molecule has 0 spiro atoms. The smallest absolute Gasteiger partial charge is 0.0866 e. The van der Waals surface area contributed by atoms with E-state index in [1.807, 2.05) is 6.07 Å². The fraction of sp³-hybridized carbons (Fsp3) is 0.500. The van der Waals surface area contributed by atoms with E-state index in [9.17, 15) is 0 Å². The second kappa shape index (κ2) is 5.55. The molecule has 10 heavy (non-hydrogen) atoms. The van der Waals surface area contributed by atoms with Gasteiger partial charge in [0, 0.05) is 17.1 Å². The SMILES string of the molecule is CN(CC#N)CC(Cl)=CCl. The van der Waals surface area contributed by atoms with Gasteiger partial charge in [-0.05, 0) is 7.05 Å². The molecule has 56 valence electrons. The Hall–Kier alpha value is -0.230. The Labute approximate surface area is 70.6 Å². The summed E-state index contributed by atoms with van der Waals surface area (Å²) in [5.74, 6) is 0. The minimum atomic E-state index is 0.362. The highest BCUT2D eigenvalue weighted by atomic mass is 35.5. The molecule has 0 bridgehead atoms. The minimum absolute atomic E-state index is 0.362. The van der Waals surface area contributed by atoms with Crippen molar-refractivity contribution >= 4 is 23.2 Å². The second-order valence-corrected chi connectivity index (χ2v) is 2.59. The number of nitrogens with zero attached hydrogens (tertiary/aromatic N) is 2. The van der Waals surface area contributed by atoms with Crippen LogP contribution in [0.3, 0.4) is 0 Å². The Morgan fingerprint density at radius 2 is 2.40 bits per heavy atom. The molecule has 0 amide bonds. The summed E-state index contributed by atoms with van der Waals surface area (Å²) in [7, 11) is 1.80. The van der Waals surface area contributed by atoms with Crippen LogP contribution in [0.5, 0.6) is 0 Å². The number of hydrogen-bond donors (Lipinski definition) is 0. The monoisotopic (exact) mass is 178 g/mol. The molecule has 0 aromatic rings. The maximum atomic E-state index is 8.24. The summed E-state index contributed by atoms with van der Waals surface area (Å²) >= 11 is 10.9. The molecule has 0 aromatic heterocycles. The molecule has 2 nitrogen and oxygen atoms in total. The highest BCUT2D eigenvalue weighted by Crippen LogP contribution is 2.03. The Morgan fingerprint density at radius 1 is 1.80 bits per heavy atom. The first-order chi connectivity index (χ1) is 4.70. The molecule has 0 radical (unpaired) electrons. The van der Waals surface area contributed by atoms with Crippen LogP contribution in [0.25, 0.3) is 0 Å². The van der Waals surface area contributed by atoms with Crippen molar-refractivity contribution in [2.45, 2.75) is 0 Å². The minimum Gasteiger partial charge on any atom is -0.288 e. The van der Waals surface area contributed by atoms with Crippen LogP contribution in [0, 0.1) is 11.3 Å². The summed E-state index contributed by atoms with van der Waals surface area (Å²) in [6.07, 6.45) is 0. The Kier molecular flexibility index (Phi) is 5.42. The van der Waals surface area contributed by atoms with Crippen LogP contribution in [0.1, 0.15) is 0 Å². The molecule has 0 heterocycles. The van der Waals surface area contributed by atoms with E-state index in [0.29, 0.717) is 18.1 Å². The lowest BCUT2D eigenvalue weighted by atomic mass is 10.5. The first kappa shape index (κ1) is 9.77. The van der Waals surface area contributed by atoms with Gasteiger partial charge in [0.05, 0.1) is 12.6 Å². The lowest BCUT2D eigenvalue weighted by Gasteiger charge is -2.09. The van der Waals surface area contributed by atoms with Crippen LogP contribution in [-0.2, 0) is 0 Å². The van der Waals surface area contributed by atoms with Gasteiger partial charge in [-0.2, -0.15) is 5.26 Å². The Bertz CT molecular complexity index is 160. The van der Waals surface area contributed by atoms with Gasteiger partial charge in [0.2, 0.25) is 0 Å². The molecule has 4 heteroatoms. The topological polar surface area (TPSA) is 27.0 Å². The zero-order valence-corrected chi connectivity index (χ0v) is 7.15. The van der Waals surface area contributed by atoms with Crippen molar-refractivity contribution in [1.82, 2.24) is 4.90 Å². The van der Waals surface area contributed by atoms with Crippen molar-refractivity contribution in [3.63, 3.8) is 0 Å². The van der Waals surface area contributed by atoms with E-state index in [1.165, 1.54) is 5.54 Å². The summed E-state index contributed by atoms with van der Waals surface area (Å²) in [6, 6.07) is 1.99. The van der Waals surface area contributed by atoms with E-state index >= 15 is 0 Å². The number of halogens is 2. The van der Waals surface area contributed by atoms with E-state index in [1.54, 1.807) is 11.9 Å². The van der Waals surface area contributed by atoms with Gasteiger partial charge in [-0.25, -0.2) is 0 Å². The number of rotatable bonds is 3. The molecular weight excluding hydrogens is 171 g/mol. The first-order valence-corrected chi connectivity index (χ1v) is 3.52. The maximum absolute atomic E-state index is 8.24. The molecule has 0 atom stereocenters. The molecule has 0 rings (SSSR count). The third kappa shape index (κ3) is 4.63. The van der Waals surface area contributed by atoms with Crippen molar-refractivity contribution < 1.29 is 0 Å². The van der Waals surface area contributed by atoms with Crippen LogP contribution in [0.15, 0.2) is 10.6 Å². The molecule has 0 aromatic carbocycles. The first-order valence-electron chi connectivity index (χ1n) is 2.71. The molecule has 0 saturated heterocycles. The van der Waals surface area contributed by atoms with Gasteiger partial charge in [-0.1, -0.05) is 23.2 Å². The predicted octanol–water partition coefficient (Wildman–Crippen LogP) is 1.76. The van der Waals surface area contributed by atoms with Gasteiger partial charge >= 0.3 is 0 Å². The normalized spacial score (nSPS) is 11.7. The Balaban J connectivity index is 3.59. The van der Waals surface area contributed by atoms with Crippen molar-refractivity contribution in [2.75, 3.05) is 20.1 Å². The molecule has 0 fully saturated rings. The number of likely N-dealkylation sites (N-methyl/N-ethyl adjacent to an activating group) is 1. The van der Waals surface area contributed by atoms with Crippen molar-refractivity contribution in [2.24, 2.45) is 0 Å². The van der Waals surface area contributed by atoms with Crippen LogP contribution in [0.2, 0.25) is 0 Å². The van der Waals surface area contributed by atoms with Gasteiger partial charge < -0.3 is 0 Å². The van der Waals surface area contributed by atoms with E-state index in [-0.39, 0.29) is 0 Å². The molecule has 0 N–H and O–H groups in total. The maximum Gasteiger partial charge on any atom is 0.0866 e. The Morgan fingerprint density at radius 3 is 2.80 bits per heavy atom. The molecule has 0 unspecified atom stereocenters. The predicted molar refractivity (Wildman–Crippen MR) is 42.9 cm³/mol. The third-order valence-corrected chi connectivity index (χ3v) is 1.48. The summed E-state index contributed by atoms with van der Waals surface area (Å²) in [5, 5.41) is 8.78. The van der Waals surface area contributed by atoms with Gasteiger partial charge in [0.1, 0.15) is 0 Å². The quantitative estimate of drug-likeness (QED) is 0.617. The standard InChI is InChI=1S/C6H8Cl2N2/c1-10(3-2-9)5-6(8)4-7/h4H,3,5H2,1H3. The zero-order chi connectivity index (χ0) is 7.98. The molecule has 0 aliphatic rings. The van der Waals surface area contributed by atoms with E-state index in [0.717, 1.165) is 0 Å². The summed E-state index contributed by atoms with van der Waals surface area (Å²) in [6.45, 7) is 0.888. The molecular formula is C6H8Cl2N2. The average molecular weight is 179 g/mol. The largest absolute Gasteiger partial charge is 0.288 e. The molecule has 0 aliphatic heterocycles. The number of hydrogen-bond acceptors (Lipinski definition) is 2. The molecule has 0 aliphatic carbocycles. The fourth-order valence-corrected chi connectivity index (χ4v) is 0.742. The number of nitriles is 1. The van der Waals surface area contributed by atoms with Gasteiger partial charge in [-0.3, -0.25) is 4.90 Å². The van der Waals surface area contributed by atoms with Gasteiger partial charge in [-0.15, -0.1) is 0 Å². The van der Waals surface area contributed by atoms with E-state index in [4.69, 9.17) is 28.5 Å². The van der Waals surface area contributed by atoms with E-state index in [2.05, 4.69) is 0 Å². The van der Waals surface area contributed by atoms with Crippen LogP contribution in [0.4, 0.5) is 0 Å². The van der Waals surface area contributed by atoms with Crippen molar-refractivity contribution in [3.05, 3.63) is 10.6 Å². The highest BCUT2D eigenvalue weighted by Gasteiger charge is 1.97. The summed E-state index contributed by atoms with van der Waals surface area (Å²) < 4.78 is 0. The summed E-state index contributed by atoms with van der Waals surface area (Å²) in [5.41, 5.74) is 1.30. The van der Waals surface area contributed by atoms with Crippen molar-refractivity contribution in [3.8, 4) is 6.07 Å². The lowest BCUT2D eigenvalue weighted by Crippen LogP contribution is -2.19. The molecule has 0 saturated carbocycles. The van der Waals surface area contributed by atoms with Crippen LogP contribution < -0.4 is 0 Å². The third-order valence-electron chi connectivity index (χ3n) is 0.880. The fourth-order valence-electron chi connectivity index (χ4n) is 0.469. The van der Waals surface area contributed by atoms with Crippen molar-refractivity contribution in [1.29, 1.82) is 5.26 Å².